The standard InChI is InChI=1S/C30H32ClN3O4S/c1-21-7-5-15-33(19-21)16-6-14-32-29(35)23-12-13-28-26(18-23)34(20-22-8-4-9-24(31)17-22)30(36)25-10-2-3-11-27(25)39(28,37)38/h2-4,8-13,17-18,21H,5-7,14-16,19-20H2,1H3,(H,32,35). The Morgan fingerprint density at radius 2 is 1.87 bits per heavy atom. The Morgan fingerprint density at radius 3 is 2.67 bits per heavy atom. The molecule has 1 unspecified atom stereocenters. The highest BCUT2D eigenvalue weighted by atomic mass is 35.5. The Morgan fingerprint density at radius 1 is 1.05 bits per heavy atom. The number of fused-ring (bicyclic) bond motifs is 2. The number of benzene rings is 3. The van der Waals surface area contributed by atoms with Crippen LogP contribution >= 0.6 is 11.6 Å². The summed E-state index contributed by atoms with van der Waals surface area (Å²) in [7, 11) is -4.01. The van der Waals surface area contributed by atoms with E-state index in [2.05, 4.69) is 17.1 Å². The van der Waals surface area contributed by atoms with Crippen molar-refractivity contribution in [2.24, 2.45) is 5.92 Å². The maximum absolute atomic E-state index is 13.8. The van der Waals surface area contributed by atoms with Gasteiger partial charge in [0.05, 0.1) is 27.6 Å². The van der Waals surface area contributed by atoms with E-state index in [1.165, 1.54) is 48.1 Å². The summed E-state index contributed by atoms with van der Waals surface area (Å²) in [6.45, 7) is 5.98. The number of anilines is 1. The van der Waals surface area contributed by atoms with E-state index in [0.29, 0.717) is 23.0 Å². The number of carbonyl (C=O) groups is 2. The zero-order chi connectivity index (χ0) is 27.6. The Hall–Kier alpha value is -3.20. The van der Waals surface area contributed by atoms with E-state index >= 15 is 0 Å². The molecule has 204 valence electrons. The fraction of sp³-hybridized carbons (Fsp3) is 0.333. The number of sulfone groups is 1. The summed E-state index contributed by atoms with van der Waals surface area (Å²) in [6, 6.07) is 17.7. The average molecular weight is 566 g/mol. The second-order valence-electron chi connectivity index (χ2n) is 10.4. The summed E-state index contributed by atoms with van der Waals surface area (Å²) in [6.07, 6.45) is 3.30. The highest BCUT2D eigenvalue weighted by Gasteiger charge is 2.36. The van der Waals surface area contributed by atoms with Crippen LogP contribution in [0.4, 0.5) is 5.69 Å². The molecule has 3 aromatic carbocycles. The van der Waals surface area contributed by atoms with Crippen molar-refractivity contribution >= 4 is 38.9 Å². The van der Waals surface area contributed by atoms with Gasteiger partial charge in [0.25, 0.3) is 11.8 Å². The molecule has 2 aliphatic rings. The van der Waals surface area contributed by atoms with Gasteiger partial charge < -0.3 is 15.1 Å². The van der Waals surface area contributed by atoms with E-state index in [1.807, 2.05) is 6.07 Å². The monoisotopic (exact) mass is 565 g/mol. The minimum atomic E-state index is -4.01. The van der Waals surface area contributed by atoms with Crippen LogP contribution < -0.4 is 10.2 Å². The van der Waals surface area contributed by atoms with Crippen LogP contribution in [-0.2, 0) is 16.4 Å². The fourth-order valence-corrected chi connectivity index (χ4v) is 7.26. The van der Waals surface area contributed by atoms with Gasteiger partial charge in [0, 0.05) is 23.7 Å². The molecule has 39 heavy (non-hydrogen) atoms. The Balaban J connectivity index is 1.43. The molecule has 7 nitrogen and oxygen atoms in total. The number of nitrogens with zero attached hydrogens (tertiary/aromatic N) is 2. The third-order valence-corrected chi connectivity index (χ3v) is 9.46. The number of likely N-dealkylation sites (tertiary alicyclic amines) is 1. The summed E-state index contributed by atoms with van der Waals surface area (Å²) in [4.78, 5) is 30.6. The maximum Gasteiger partial charge on any atom is 0.259 e. The average Bonchev–Trinajstić information content (AvgIpc) is 2.99. The molecule has 1 fully saturated rings. The van der Waals surface area contributed by atoms with Crippen molar-refractivity contribution in [1.29, 1.82) is 0 Å². The van der Waals surface area contributed by atoms with Crippen molar-refractivity contribution in [2.75, 3.05) is 31.1 Å². The molecule has 0 aromatic heterocycles. The maximum atomic E-state index is 13.8. The lowest BCUT2D eigenvalue weighted by molar-refractivity contribution is 0.0946. The van der Waals surface area contributed by atoms with E-state index < -0.39 is 15.7 Å². The highest BCUT2D eigenvalue weighted by Crippen LogP contribution is 2.38. The van der Waals surface area contributed by atoms with Crippen molar-refractivity contribution in [2.45, 2.75) is 42.5 Å². The summed E-state index contributed by atoms with van der Waals surface area (Å²) >= 11 is 6.19. The van der Waals surface area contributed by atoms with Crippen LogP contribution in [0.1, 0.15) is 52.5 Å². The predicted octanol–water partition coefficient (Wildman–Crippen LogP) is 5.19. The van der Waals surface area contributed by atoms with Gasteiger partial charge in [0.15, 0.2) is 0 Å². The molecule has 5 rings (SSSR count). The van der Waals surface area contributed by atoms with Gasteiger partial charge >= 0.3 is 0 Å². The zero-order valence-electron chi connectivity index (χ0n) is 21.9. The third-order valence-electron chi connectivity index (χ3n) is 7.36. The number of nitrogens with one attached hydrogen (secondary N) is 1. The summed E-state index contributed by atoms with van der Waals surface area (Å²) in [5.41, 5.74) is 1.30. The predicted molar refractivity (Wildman–Crippen MR) is 152 cm³/mol. The van der Waals surface area contributed by atoms with Crippen LogP contribution in [0.5, 0.6) is 0 Å². The first-order valence-electron chi connectivity index (χ1n) is 13.3. The van der Waals surface area contributed by atoms with Crippen LogP contribution in [0.25, 0.3) is 0 Å². The molecule has 2 aliphatic heterocycles. The first-order chi connectivity index (χ1) is 18.7. The second kappa shape index (κ2) is 11.5. The molecule has 0 spiro atoms. The molecule has 1 N–H and O–H groups in total. The largest absolute Gasteiger partial charge is 0.352 e. The van der Waals surface area contributed by atoms with Crippen molar-refractivity contribution < 1.29 is 18.0 Å². The van der Waals surface area contributed by atoms with Crippen LogP contribution in [0.2, 0.25) is 5.02 Å². The highest BCUT2D eigenvalue weighted by molar-refractivity contribution is 7.91. The van der Waals surface area contributed by atoms with E-state index in [-0.39, 0.29) is 33.5 Å². The van der Waals surface area contributed by atoms with Crippen molar-refractivity contribution in [3.63, 3.8) is 0 Å². The topological polar surface area (TPSA) is 86.8 Å². The van der Waals surface area contributed by atoms with E-state index in [4.69, 9.17) is 11.6 Å². The van der Waals surface area contributed by atoms with Crippen molar-refractivity contribution in [3.8, 4) is 0 Å². The molecule has 2 heterocycles. The van der Waals surface area contributed by atoms with E-state index in [0.717, 1.165) is 31.6 Å². The van der Waals surface area contributed by atoms with E-state index in [9.17, 15) is 18.0 Å². The van der Waals surface area contributed by atoms with Gasteiger partial charge in [-0.1, -0.05) is 42.8 Å². The number of hydrogen-bond acceptors (Lipinski definition) is 5. The SMILES string of the molecule is CC1CCCN(CCCNC(=O)c2ccc3c(c2)N(Cc2cccc(Cl)c2)C(=O)c2ccccc2S3(=O)=O)C1. The lowest BCUT2D eigenvalue weighted by Crippen LogP contribution is -2.36. The van der Waals surface area contributed by atoms with Gasteiger partial charge in [-0.25, -0.2) is 8.42 Å². The third kappa shape index (κ3) is 5.88. The molecule has 0 radical (unpaired) electrons. The van der Waals surface area contributed by atoms with Crippen LogP contribution in [0.15, 0.2) is 76.5 Å². The van der Waals surface area contributed by atoms with Crippen molar-refractivity contribution in [3.05, 3.63) is 88.4 Å². The van der Waals surface area contributed by atoms with Gasteiger partial charge in [0.2, 0.25) is 9.84 Å². The lowest BCUT2D eigenvalue weighted by Gasteiger charge is -2.30. The smallest absolute Gasteiger partial charge is 0.259 e. The number of rotatable bonds is 7. The van der Waals surface area contributed by atoms with Gasteiger partial charge in [-0.15, -0.1) is 0 Å². The number of carbonyl (C=O) groups excluding carboxylic acids is 2. The van der Waals surface area contributed by atoms with Crippen LogP contribution in [-0.4, -0.2) is 51.3 Å². The van der Waals surface area contributed by atoms with Gasteiger partial charge in [-0.2, -0.15) is 0 Å². The number of piperidine rings is 1. The minimum Gasteiger partial charge on any atom is -0.352 e. The summed E-state index contributed by atoms with van der Waals surface area (Å²) < 4.78 is 27.3. The summed E-state index contributed by atoms with van der Waals surface area (Å²) in [5.74, 6) is -0.0618. The number of amides is 2. The second-order valence-corrected chi connectivity index (χ2v) is 12.7. The molecule has 9 heteroatoms. The van der Waals surface area contributed by atoms with Crippen molar-refractivity contribution in [1.82, 2.24) is 10.2 Å². The molecular weight excluding hydrogens is 534 g/mol. The first-order valence-corrected chi connectivity index (χ1v) is 15.1. The van der Waals surface area contributed by atoms with Crippen LogP contribution in [0, 0.1) is 5.92 Å². The Kier molecular flexibility index (Phi) is 8.07. The van der Waals surface area contributed by atoms with Gasteiger partial charge in [-0.3, -0.25) is 9.59 Å². The number of halogens is 1. The quantitative estimate of drug-likeness (QED) is 0.399. The van der Waals surface area contributed by atoms with Crippen LogP contribution in [0.3, 0.4) is 0 Å². The molecule has 3 aromatic rings. The molecule has 1 saturated heterocycles. The zero-order valence-corrected chi connectivity index (χ0v) is 23.5. The van der Waals surface area contributed by atoms with Gasteiger partial charge in [0.1, 0.15) is 0 Å². The molecule has 1 atom stereocenters. The minimum absolute atomic E-state index is 0.0152. The number of hydrogen-bond donors (Lipinski definition) is 1. The molecule has 0 saturated carbocycles. The molecule has 2 amide bonds. The molecule has 0 aliphatic carbocycles. The first kappa shape index (κ1) is 27.4. The summed E-state index contributed by atoms with van der Waals surface area (Å²) in [5, 5.41) is 3.47. The Bertz CT molecular complexity index is 1510. The molecular formula is C30H32ClN3O4S. The molecule has 0 bridgehead atoms. The van der Waals surface area contributed by atoms with Gasteiger partial charge in [-0.05, 0) is 86.3 Å². The van der Waals surface area contributed by atoms with E-state index in [1.54, 1.807) is 30.3 Å². The normalized spacial score (nSPS) is 18.7. The fourth-order valence-electron chi connectivity index (χ4n) is 5.42. The lowest BCUT2D eigenvalue weighted by atomic mass is 10.0. The Labute approximate surface area is 234 Å².